The molecular formula is C18H24O4. The van der Waals surface area contributed by atoms with E-state index in [1.165, 1.54) is 12.7 Å². The van der Waals surface area contributed by atoms with Gasteiger partial charge in [0.1, 0.15) is 5.75 Å². The number of carbonyl (C=O) groups is 1. The topological polar surface area (TPSA) is 44.8 Å². The van der Waals surface area contributed by atoms with Crippen LogP contribution in [-0.4, -0.2) is 32.9 Å². The van der Waals surface area contributed by atoms with Crippen molar-refractivity contribution in [3.05, 3.63) is 42.0 Å². The average molecular weight is 304 g/mol. The molecule has 2 rings (SSSR count). The van der Waals surface area contributed by atoms with Gasteiger partial charge in [0.05, 0.1) is 18.3 Å². The van der Waals surface area contributed by atoms with Crippen LogP contribution in [0.25, 0.3) is 0 Å². The van der Waals surface area contributed by atoms with Gasteiger partial charge < -0.3 is 14.2 Å². The van der Waals surface area contributed by atoms with Crippen molar-refractivity contribution in [1.29, 1.82) is 0 Å². The molecule has 4 nitrogen and oxygen atoms in total. The molecule has 0 atom stereocenters. The molecule has 22 heavy (non-hydrogen) atoms. The van der Waals surface area contributed by atoms with Crippen molar-refractivity contribution in [3.63, 3.8) is 0 Å². The number of hydrogen-bond donors (Lipinski definition) is 0. The summed E-state index contributed by atoms with van der Waals surface area (Å²) in [6, 6.07) is 7.77. The second-order valence-electron chi connectivity index (χ2n) is 5.70. The van der Waals surface area contributed by atoms with Gasteiger partial charge in [-0.1, -0.05) is 18.7 Å². The van der Waals surface area contributed by atoms with Gasteiger partial charge in [0.25, 0.3) is 0 Å². The lowest BCUT2D eigenvalue weighted by Crippen LogP contribution is -2.19. The van der Waals surface area contributed by atoms with Crippen LogP contribution in [-0.2, 0) is 14.3 Å². The van der Waals surface area contributed by atoms with Crippen LogP contribution < -0.4 is 4.74 Å². The smallest absolute Gasteiger partial charge is 0.341 e. The third-order valence-corrected chi connectivity index (χ3v) is 4.18. The number of benzene rings is 1. The van der Waals surface area contributed by atoms with E-state index in [-0.39, 0.29) is 6.61 Å². The maximum atomic E-state index is 11.7. The van der Waals surface area contributed by atoms with Gasteiger partial charge in [-0.15, -0.1) is 0 Å². The Labute approximate surface area is 132 Å². The number of carbonyl (C=O) groups excluding carboxylic acids is 1. The van der Waals surface area contributed by atoms with Crippen LogP contribution in [0.2, 0.25) is 0 Å². The lowest BCUT2D eigenvalue weighted by Gasteiger charge is -2.27. The molecule has 0 bridgehead atoms. The molecule has 0 amide bonds. The van der Waals surface area contributed by atoms with E-state index in [2.05, 4.69) is 6.58 Å². The first-order valence-corrected chi connectivity index (χ1v) is 7.65. The molecule has 0 spiro atoms. The molecule has 0 aliphatic heterocycles. The van der Waals surface area contributed by atoms with E-state index in [1.807, 2.05) is 24.3 Å². The molecule has 1 aliphatic rings. The fraction of sp³-hybridized carbons (Fsp3) is 0.500. The maximum absolute atomic E-state index is 11.7. The molecule has 0 aromatic heterocycles. The molecule has 120 valence electrons. The van der Waals surface area contributed by atoms with Crippen LogP contribution >= 0.6 is 0 Å². The van der Waals surface area contributed by atoms with Gasteiger partial charge in [0.15, 0.2) is 0 Å². The second-order valence-corrected chi connectivity index (χ2v) is 5.70. The van der Waals surface area contributed by atoms with Crippen LogP contribution in [0.3, 0.4) is 0 Å². The average Bonchev–Trinajstić information content (AvgIpc) is 2.56. The highest BCUT2D eigenvalue weighted by Gasteiger charge is 2.22. The monoisotopic (exact) mass is 304 g/mol. The summed E-state index contributed by atoms with van der Waals surface area (Å²) in [6.45, 7) is 3.82. The zero-order chi connectivity index (χ0) is 15.9. The first-order chi connectivity index (χ1) is 10.6. The molecule has 1 saturated carbocycles. The molecule has 0 heterocycles. The van der Waals surface area contributed by atoms with Crippen molar-refractivity contribution in [3.8, 4) is 5.75 Å². The summed E-state index contributed by atoms with van der Waals surface area (Å²) in [4.78, 5) is 11.7. The molecular weight excluding hydrogens is 280 g/mol. The molecule has 4 heteroatoms. The lowest BCUT2D eigenvalue weighted by molar-refractivity contribution is -0.130. The van der Waals surface area contributed by atoms with Gasteiger partial charge in [-0.3, -0.25) is 0 Å². The largest absolute Gasteiger partial charge is 0.423 e. The molecule has 1 aromatic carbocycles. The summed E-state index contributed by atoms with van der Waals surface area (Å²) >= 11 is 0. The zero-order valence-corrected chi connectivity index (χ0v) is 13.3. The van der Waals surface area contributed by atoms with Crippen molar-refractivity contribution in [2.45, 2.75) is 37.7 Å². The Hall–Kier alpha value is -1.65. The molecule has 1 aromatic rings. The molecule has 1 aliphatic carbocycles. The predicted molar refractivity (Wildman–Crippen MR) is 85.1 cm³/mol. The fourth-order valence-electron chi connectivity index (χ4n) is 2.85. The minimum Gasteiger partial charge on any atom is -0.423 e. The van der Waals surface area contributed by atoms with Crippen molar-refractivity contribution in [1.82, 2.24) is 0 Å². The van der Waals surface area contributed by atoms with Gasteiger partial charge in [-0.2, -0.15) is 0 Å². The van der Waals surface area contributed by atoms with Crippen LogP contribution in [0.5, 0.6) is 5.75 Å². The second kappa shape index (κ2) is 8.11. The first-order valence-electron chi connectivity index (χ1n) is 7.65. The van der Waals surface area contributed by atoms with Crippen LogP contribution in [0.15, 0.2) is 36.4 Å². The van der Waals surface area contributed by atoms with Gasteiger partial charge in [-0.25, -0.2) is 4.79 Å². The SMILES string of the molecule is C=C(COC)C(=O)Oc1ccc(C2CCC(OC)CC2)cc1. The van der Waals surface area contributed by atoms with Gasteiger partial charge in [-0.05, 0) is 49.3 Å². The van der Waals surface area contributed by atoms with Crippen LogP contribution in [0.4, 0.5) is 0 Å². The highest BCUT2D eigenvalue weighted by molar-refractivity contribution is 5.89. The van der Waals surface area contributed by atoms with Crippen LogP contribution in [0, 0.1) is 0 Å². The molecule has 0 radical (unpaired) electrons. The Balaban J connectivity index is 1.90. The van der Waals surface area contributed by atoms with Crippen molar-refractivity contribution >= 4 is 5.97 Å². The first kappa shape index (κ1) is 16.7. The normalized spacial score (nSPS) is 21.4. The summed E-state index contributed by atoms with van der Waals surface area (Å²) in [7, 11) is 3.30. The Morgan fingerprint density at radius 2 is 1.77 bits per heavy atom. The van der Waals surface area contributed by atoms with Crippen LogP contribution in [0.1, 0.15) is 37.2 Å². The minimum absolute atomic E-state index is 0.180. The summed E-state index contributed by atoms with van der Waals surface area (Å²) in [5, 5.41) is 0. The van der Waals surface area contributed by atoms with Gasteiger partial charge in [0, 0.05) is 14.2 Å². The van der Waals surface area contributed by atoms with Crippen molar-refractivity contribution in [2.75, 3.05) is 20.8 Å². The van der Waals surface area contributed by atoms with E-state index >= 15 is 0 Å². The zero-order valence-electron chi connectivity index (χ0n) is 13.3. The van der Waals surface area contributed by atoms with Crippen molar-refractivity contribution in [2.24, 2.45) is 0 Å². The summed E-state index contributed by atoms with van der Waals surface area (Å²) in [5.74, 6) is 0.659. The number of rotatable bonds is 6. The Morgan fingerprint density at radius 3 is 2.32 bits per heavy atom. The molecule has 0 N–H and O–H groups in total. The van der Waals surface area contributed by atoms with E-state index in [9.17, 15) is 4.79 Å². The number of esters is 1. The van der Waals surface area contributed by atoms with E-state index in [4.69, 9.17) is 14.2 Å². The summed E-state index contributed by atoms with van der Waals surface area (Å²) < 4.78 is 15.5. The van der Waals surface area contributed by atoms with E-state index < -0.39 is 5.97 Å². The number of hydrogen-bond acceptors (Lipinski definition) is 4. The highest BCUT2D eigenvalue weighted by Crippen LogP contribution is 2.34. The van der Waals surface area contributed by atoms with Gasteiger partial charge in [0.2, 0.25) is 0 Å². The Bertz CT molecular complexity index is 498. The highest BCUT2D eigenvalue weighted by atomic mass is 16.5. The maximum Gasteiger partial charge on any atom is 0.341 e. The molecule has 0 saturated heterocycles. The van der Waals surface area contributed by atoms with E-state index in [0.29, 0.717) is 23.3 Å². The predicted octanol–water partition coefficient (Wildman–Crippen LogP) is 3.47. The fourth-order valence-corrected chi connectivity index (χ4v) is 2.85. The van der Waals surface area contributed by atoms with E-state index in [1.54, 1.807) is 7.11 Å². The summed E-state index contributed by atoms with van der Waals surface area (Å²) in [5.41, 5.74) is 1.61. The third-order valence-electron chi connectivity index (χ3n) is 4.18. The number of ether oxygens (including phenoxy) is 3. The van der Waals surface area contributed by atoms with Crippen molar-refractivity contribution < 1.29 is 19.0 Å². The summed E-state index contributed by atoms with van der Waals surface area (Å²) in [6.07, 6.45) is 4.90. The standard InChI is InChI=1S/C18H24O4/c1-13(12-20-2)18(19)22-17-10-6-15(7-11-17)14-4-8-16(21-3)9-5-14/h6-7,10-11,14,16H,1,4-5,8-9,12H2,2-3H3. The van der Waals surface area contributed by atoms with Gasteiger partial charge >= 0.3 is 5.97 Å². The Morgan fingerprint density at radius 1 is 1.14 bits per heavy atom. The quantitative estimate of drug-likeness (QED) is 0.458. The number of methoxy groups -OCH3 is 2. The third kappa shape index (κ3) is 4.42. The Kier molecular flexibility index (Phi) is 6.16. The molecule has 0 unspecified atom stereocenters. The minimum atomic E-state index is -0.449. The molecule has 1 fully saturated rings. The lowest BCUT2D eigenvalue weighted by atomic mass is 9.83. The van der Waals surface area contributed by atoms with E-state index in [0.717, 1.165) is 25.7 Å².